The van der Waals surface area contributed by atoms with E-state index in [4.69, 9.17) is 4.74 Å². The standard InChI is InChI=1S/C17H30N4OS/c1-6-17(7-2)14(9-15(17)22-8-3)21-16(18-5)19-10-13-12(4)20-11-23-13/h11,14-15H,6-10H2,1-5H3,(H2,18,19,21). The van der Waals surface area contributed by atoms with Crippen molar-refractivity contribution in [2.24, 2.45) is 10.4 Å². The number of aliphatic imine (C=N–C) groups is 1. The molecule has 23 heavy (non-hydrogen) atoms. The molecule has 2 N–H and O–H groups in total. The number of aromatic nitrogens is 1. The predicted octanol–water partition coefficient (Wildman–Crippen LogP) is 3.10. The summed E-state index contributed by atoms with van der Waals surface area (Å²) in [5.74, 6) is 0.865. The van der Waals surface area contributed by atoms with Crippen LogP contribution in [0.1, 0.15) is 50.6 Å². The molecule has 2 unspecified atom stereocenters. The number of nitrogens with zero attached hydrogens (tertiary/aromatic N) is 2. The Hall–Kier alpha value is -1.14. The van der Waals surface area contributed by atoms with Gasteiger partial charge in [0.1, 0.15) is 0 Å². The van der Waals surface area contributed by atoms with E-state index in [-0.39, 0.29) is 5.41 Å². The van der Waals surface area contributed by atoms with E-state index in [9.17, 15) is 0 Å². The zero-order valence-corrected chi connectivity index (χ0v) is 15.8. The average molecular weight is 339 g/mol. The lowest BCUT2D eigenvalue weighted by Gasteiger charge is -2.55. The summed E-state index contributed by atoms with van der Waals surface area (Å²) in [6, 6.07) is 0.419. The SMILES string of the molecule is CCOC1CC(NC(=NC)NCc2scnc2C)C1(CC)CC. The number of nitrogens with one attached hydrogen (secondary N) is 2. The second-order valence-corrected chi connectivity index (χ2v) is 7.04. The van der Waals surface area contributed by atoms with Gasteiger partial charge in [0.15, 0.2) is 5.96 Å². The predicted molar refractivity (Wildman–Crippen MR) is 97.0 cm³/mol. The first-order valence-electron chi connectivity index (χ1n) is 8.58. The van der Waals surface area contributed by atoms with Crippen molar-refractivity contribution >= 4 is 17.3 Å². The molecule has 0 spiro atoms. The van der Waals surface area contributed by atoms with Crippen LogP contribution in [0.5, 0.6) is 0 Å². The summed E-state index contributed by atoms with van der Waals surface area (Å²) in [5, 5.41) is 7.02. The number of thiazole rings is 1. The fraction of sp³-hybridized carbons (Fsp3) is 0.765. The van der Waals surface area contributed by atoms with Gasteiger partial charge >= 0.3 is 0 Å². The van der Waals surface area contributed by atoms with E-state index < -0.39 is 0 Å². The smallest absolute Gasteiger partial charge is 0.191 e. The molecule has 0 amide bonds. The summed E-state index contributed by atoms with van der Waals surface area (Å²) in [7, 11) is 1.83. The minimum Gasteiger partial charge on any atom is -0.378 e. The lowest BCUT2D eigenvalue weighted by atomic mass is 9.58. The normalized spacial score (nSPS) is 23.4. The molecule has 2 atom stereocenters. The fourth-order valence-corrected chi connectivity index (χ4v) is 4.32. The molecule has 5 nitrogen and oxygen atoms in total. The first-order valence-corrected chi connectivity index (χ1v) is 9.46. The molecule has 1 aromatic heterocycles. The van der Waals surface area contributed by atoms with Gasteiger partial charge in [-0.15, -0.1) is 11.3 Å². The Morgan fingerprint density at radius 3 is 2.70 bits per heavy atom. The highest BCUT2D eigenvalue weighted by Crippen LogP contribution is 2.48. The summed E-state index contributed by atoms with van der Waals surface area (Å²) in [5.41, 5.74) is 3.20. The van der Waals surface area contributed by atoms with E-state index in [1.807, 2.05) is 19.5 Å². The minimum atomic E-state index is 0.216. The maximum atomic E-state index is 5.95. The lowest BCUT2D eigenvalue weighted by Crippen LogP contribution is -2.65. The topological polar surface area (TPSA) is 58.5 Å². The average Bonchev–Trinajstić information content (AvgIpc) is 2.96. The summed E-state index contributed by atoms with van der Waals surface area (Å²) >= 11 is 1.68. The number of hydrogen-bond acceptors (Lipinski definition) is 4. The number of aryl methyl sites for hydroxylation is 1. The van der Waals surface area contributed by atoms with Crippen LogP contribution in [0.4, 0.5) is 0 Å². The number of hydrogen-bond donors (Lipinski definition) is 2. The maximum Gasteiger partial charge on any atom is 0.191 e. The van der Waals surface area contributed by atoms with Crippen LogP contribution in [0.15, 0.2) is 10.5 Å². The summed E-state index contributed by atoms with van der Waals surface area (Å²) in [6.07, 6.45) is 3.66. The van der Waals surface area contributed by atoms with Crippen LogP contribution in [0, 0.1) is 12.3 Å². The highest BCUT2D eigenvalue weighted by molar-refractivity contribution is 7.09. The summed E-state index contributed by atoms with van der Waals surface area (Å²) in [4.78, 5) is 9.93. The molecule has 1 aromatic rings. The van der Waals surface area contributed by atoms with Gasteiger partial charge in [-0.1, -0.05) is 13.8 Å². The van der Waals surface area contributed by atoms with Gasteiger partial charge in [-0.05, 0) is 33.1 Å². The molecule has 1 aliphatic rings. The molecular formula is C17H30N4OS. The van der Waals surface area contributed by atoms with Gasteiger partial charge in [0.05, 0.1) is 23.9 Å². The monoisotopic (exact) mass is 338 g/mol. The Bertz CT molecular complexity index is 524. The van der Waals surface area contributed by atoms with Crippen LogP contribution in [-0.2, 0) is 11.3 Å². The van der Waals surface area contributed by atoms with Gasteiger partial charge in [0, 0.05) is 30.0 Å². The zero-order chi connectivity index (χ0) is 16.9. The lowest BCUT2D eigenvalue weighted by molar-refractivity contribution is -0.133. The second-order valence-electron chi connectivity index (χ2n) is 6.10. The van der Waals surface area contributed by atoms with Gasteiger partial charge in [-0.2, -0.15) is 0 Å². The molecule has 1 heterocycles. The zero-order valence-electron chi connectivity index (χ0n) is 15.0. The first-order chi connectivity index (χ1) is 11.1. The molecule has 0 bridgehead atoms. The van der Waals surface area contributed by atoms with Crippen molar-refractivity contribution < 1.29 is 4.74 Å². The fourth-order valence-electron chi connectivity index (χ4n) is 3.60. The Labute approximate surface area is 144 Å². The van der Waals surface area contributed by atoms with E-state index in [0.717, 1.165) is 44.1 Å². The van der Waals surface area contributed by atoms with Gasteiger partial charge in [-0.25, -0.2) is 4.98 Å². The van der Waals surface area contributed by atoms with Crippen LogP contribution in [-0.4, -0.2) is 36.7 Å². The van der Waals surface area contributed by atoms with E-state index in [1.54, 1.807) is 11.3 Å². The van der Waals surface area contributed by atoms with Crippen molar-refractivity contribution in [1.29, 1.82) is 0 Å². The Kier molecular flexibility index (Phi) is 6.41. The largest absolute Gasteiger partial charge is 0.378 e. The molecule has 1 aliphatic carbocycles. The van der Waals surface area contributed by atoms with Gasteiger partial charge in [0.2, 0.25) is 0 Å². The Morgan fingerprint density at radius 1 is 1.43 bits per heavy atom. The quantitative estimate of drug-likeness (QED) is 0.592. The van der Waals surface area contributed by atoms with Crippen molar-refractivity contribution in [1.82, 2.24) is 15.6 Å². The van der Waals surface area contributed by atoms with Gasteiger partial charge in [0.25, 0.3) is 0 Å². The van der Waals surface area contributed by atoms with Crippen molar-refractivity contribution in [3.63, 3.8) is 0 Å². The molecule has 0 aliphatic heterocycles. The van der Waals surface area contributed by atoms with Gasteiger partial charge in [-0.3, -0.25) is 4.99 Å². The maximum absolute atomic E-state index is 5.95. The third kappa shape index (κ3) is 3.69. The molecule has 0 radical (unpaired) electrons. The number of rotatable bonds is 7. The van der Waals surface area contributed by atoms with Crippen molar-refractivity contribution in [2.45, 2.75) is 65.6 Å². The van der Waals surface area contributed by atoms with Crippen molar-refractivity contribution in [2.75, 3.05) is 13.7 Å². The van der Waals surface area contributed by atoms with Crippen LogP contribution >= 0.6 is 11.3 Å². The molecule has 1 saturated carbocycles. The molecule has 130 valence electrons. The van der Waals surface area contributed by atoms with E-state index in [1.165, 1.54) is 4.88 Å². The number of guanidine groups is 1. The molecule has 1 fully saturated rings. The molecule has 6 heteroatoms. The van der Waals surface area contributed by atoms with Crippen LogP contribution in [0.2, 0.25) is 0 Å². The molecular weight excluding hydrogens is 308 g/mol. The van der Waals surface area contributed by atoms with Crippen molar-refractivity contribution in [3.8, 4) is 0 Å². The van der Waals surface area contributed by atoms with Crippen LogP contribution in [0.3, 0.4) is 0 Å². The van der Waals surface area contributed by atoms with E-state index in [2.05, 4.69) is 41.4 Å². The van der Waals surface area contributed by atoms with Crippen LogP contribution in [0.25, 0.3) is 0 Å². The van der Waals surface area contributed by atoms with E-state index >= 15 is 0 Å². The van der Waals surface area contributed by atoms with Crippen LogP contribution < -0.4 is 10.6 Å². The van der Waals surface area contributed by atoms with Crippen molar-refractivity contribution in [3.05, 3.63) is 16.1 Å². The third-order valence-electron chi connectivity index (χ3n) is 5.27. The highest BCUT2D eigenvalue weighted by Gasteiger charge is 2.53. The molecule has 2 rings (SSSR count). The van der Waals surface area contributed by atoms with E-state index in [0.29, 0.717) is 12.1 Å². The van der Waals surface area contributed by atoms with Gasteiger partial charge < -0.3 is 15.4 Å². The highest BCUT2D eigenvalue weighted by atomic mass is 32.1. The second kappa shape index (κ2) is 8.11. The first kappa shape index (κ1) is 18.2. The number of ether oxygens (including phenoxy) is 1. The molecule has 0 saturated heterocycles. The Balaban J connectivity index is 1.95. The minimum absolute atomic E-state index is 0.216. The summed E-state index contributed by atoms with van der Waals surface area (Å²) in [6.45, 7) is 10.2. The third-order valence-corrected chi connectivity index (χ3v) is 6.20. The molecule has 0 aromatic carbocycles. The Morgan fingerprint density at radius 2 is 2.17 bits per heavy atom. The summed E-state index contributed by atoms with van der Waals surface area (Å²) < 4.78 is 5.95.